The van der Waals surface area contributed by atoms with Gasteiger partial charge in [-0.2, -0.15) is 0 Å². The molecule has 0 saturated heterocycles. The summed E-state index contributed by atoms with van der Waals surface area (Å²) in [5.41, 5.74) is -0.780. The van der Waals surface area contributed by atoms with E-state index in [0.29, 0.717) is 30.1 Å². The monoisotopic (exact) mass is 254 g/mol. The van der Waals surface area contributed by atoms with Crippen LogP contribution in [-0.2, 0) is 0 Å². The Kier molecular flexibility index (Phi) is 2.82. The van der Waals surface area contributed by atoms with Crippen molar-refractivity contribution in [3.63, 3.8) is 0 Å². The molecule has 7 atom stereocenters. The van der Waals surface area contributed by atoms with E-state index in [1.807, 2.05) is 0 Å². The first-order chi connectivity index (χ1) is 8.48. The fourth-order valence-corrected chi connectivity index (χ4v) is 5.38. The molecule has 0 spiro atoms. The molecule has 3 heteroatoms. The Hall–Kier alpha value is -0.120. The van der Waals surface area contributed by atoms with Crippen LogP contribution in [0.4, 0.5) is 0 Å². The molecule has 0 heterocycles. The molecular weight excluding hydrogens is 228 g/mol. The van der Waals surface area contributed by atoms with Crippen molar-refractivity contribution >= 4 is 0 Å². The Balaban J connectivity index is 1.93. The number of hydrogen-bond donors (Lipinski definition) is 3. The second-order valence-corrected chi connectivity index (χ2v) is 7.34. The zero-order valence-electron chi connectivity index (χ0n) is 11.5. The Bertz CT molecular complexity index is 345. The summed E-state index contributed by atoms with van der Waals surface area (Å²) in [6.45, 7) is 4.65. The van der Waals surface area contributed by atoms with E-state index < -0.39 is 5.60 Å². The van der Waals surface area contributed by atoms with E-state index in [2.05, 4.69) is 13.8 Å². The molecule has 18 heavy (non-hydrogen) atoms. The van der Waals surface area contributed by atoms with E-state index in [-0.39, 0.29) is 24.5 Å². The standard InChI is InChI=1S/C15H26O3/c1-9-3-4-10-12(9)13-11(14(13,2)7-16)5-6-15(10,18)8-17/h9-13,16-18H,3-8H2,1-2H3/t9-,10+,11-,12-,13-,14+,15+/m0/s1. The minimum absolute atomic E-state index is 0.0816. The minimum atomic E-state index is -0.862. The molecule has 0 aromatic heterocycles. The van der Waals surface area contributed by atoms with Gasteiger partial charge in [-0.05, 0) is 54.3 Å². The number of hydrogen-bond acceptors (Lipinski definition) is 3. The van der Waals surface area contributed by atoms with Crippen molar-refractivity contribution in [3.05, 3.63) is 0 Å². The van der Waals surface area contributed by atoms with Gasteiger partial charge in [-0.1, -0.05) is 20.3 Å². The van der Waals surface area contributed by atoms with Crippen LogP contribution in [0.3, 0.4) is 0 Å². The number of rotatable bonds is 2. The first-order valence-corrected chi connectivity index (χ1v) is 7.42. The highest BCUT2D eigenvalue weighted by molar-refractivity contribution is 5.17. The fraction of sp³-hybridized carbons (Fsp3) is 1.00. The highest BCUT2D eigenvalue weighted by Gasteiger charge is 2.69. The maximum Gasteiger partial charge on any atom is 0.0908 e. The van der Waals surface area contributed by atoms with Crippen molar-refractivity contribution in [3.8, 4) is 0 Å². The molecule has 0 bridgehead atoms. The molecule has 3 nitrogen and oxygen atoms in total. The Labute approximate surface area is 109 Å². The van der Waals surface area contributed by atoms with E-state index in [1.54, 1.807) is 0 Å². The van der Waals surface area contributed by atoms with Gasteiger partial charge in [0.15, 0.2) is 0 Å². The SMILES string of the molecule is C[C@H]1CC[C@@H]2[C@H]1[C@@H]1[C@H](CC[C@@]2(O)CO)[C@@]1(C)CO. The van der Waals surface area contributed by atoms with E-state index in [9.17, 15) is 15.3 Å². The van der Waals surface area contributed by atoms with Crippen LogP contribution in [0.5, 0.6) is 0 Å². The lowest BCUT2D eigenvalue weighted by molar-refractivity contribution is -0.0843. The molecule has 3 N–H and O–H groups in total. The van der Waals surface area contributed by atoms with Gasteiger partial charge < -0.3 is 15.3 Å². The molecular formula is C15H26O3. The molecule has 0 aromatic rings. The summed E-state index contributed by atoms with van der Waals surface area (Å²) < 4.78 is 0. The van der Waals surface area contributed by atoms with E-state index in [1.165, 1.54) is 0 Å². The molecule has 0 amide bonds. The van der Waals surface area contributed by atoms with Crippen LogP contribution in [0.1, 0.15) is 39.5 Å². The maximum absolute atomic E-state index is 10.7. The lowest BCUT2D eigenvalue weighted by atomic mass is 9.74. The maximum atomic E-state index is 10.7. The summed E-state index contributed by atoms with van der Waals surface area (Å²) in [6, 6.07) is 0. The number of aliphatic hydroxyl groups is 3. The Morgan fingerprint density at radius 2 is 1.78 bits per heavy atom. The smallest absolute Gasteiger partial charge is 0.0908 e. The van der Waals surface area contributed by atoms with Crippen molar-refractivity contribution in [2.75, 3.05) is 13.2 Å². The Morgan fingerprint density at radius 1 is 1.06 bits per heavy atom. The van der Waals surface area contributed by atoms with Crippen LogP contribution in [-0.4, -0.2) is 34.1 Å². The third-order valence-electron chi connectivity index (χ3n) is 6.60. The van der Waals surface area contributed by atoms with Crippen LogP contribution >= 0.6 is 0 Å². The van der Waals surface area contributed by atoms with Gasteiger partial charge in [0.25, 0.3) is 0 Å². The zero-order chi connectivity index (χ0) is 13.1. The molecule has 0 radical (unpaired) electrons. The molecule has 104 valence electrons. The molecule has 3 saturated carbocycles. The normalized spacial score (nSPS) is 58.8. The lowest BCUT2D eigenvalue weighted by Gasteiger charge is -2.37. The Morgan fingerprint density at radius 3 is 2.39 bits per heavy atom. The molecule has 3 aliphatic carbocycles. The third-order valence-corrected chi connectivity index (χ3v) is 6.60. The molecule has 0 aromatic carbocycles. The van der Waals surface area contributed by atoms with Crippen molar-refractivity contribution in [1.82, 2.24) is 0 Å². The van der Waals surface area contributed by atoms with Gasteiger partial charge in [0.2, 0.25) is 0 Å². The van der Waals surface area contributed by atoms with Gasteiger partial charge in [-0.25, -0.2) is 0 Å². The highest BCUT2D eigenvalue weighted by atomic mass is 16.3. The van der Waals surface area contributed by atoms with Crippen molar-refractivity contribution in [1.29, 1.82) is 0 Å². The van der Waals surface area contributed by atoms with Crippen LogP contribution in [0, 0.1) is 35.0 Å². The second kappa shape index (κ2) is 3.94. The summed E-state index contributed by atoms with van der Waals surface area (Å²) in [7, 11) is 0. The topological polar surface area (TPSA) is 60.7 Å². The van der Waals surface area contributed by atoms with Gasteiger partial charge >= 0.3 is 0 Å². The predicted octanol–water partition coefficient (Wildman–Crippen LogP) is 1.41. The average molecular weight is 254 g/mol. The van der Waals surface area contributed by atoms with Crippen LogP contribution < -0.4 is 0 Å². The molecule has 3 fully saturated rings. The second-order valence-electron chi connectivity index (χ2n) is 7.34. The molecule has 3 rings (SSSR count). The summed E-state index contributed by atoms with van der Waals surface area (Å²) in [5, 5.41) is 30.0. The third kappa shape index (κ3) is 1.47. The van der Waals surface area contributed by atoms with Gasteiger partial charge in [-0.3, -0.25) is 0 Å². The van der Waals surface area contributed by atoms with E-state index in [4.69, 9.17) is 0 Å². The van der Waals surface area contributed by atoms with Crippen molar-refractivity contribution < 1.29 is 15.3 Å². The van der Waals surface area contributed by atoms with Crippen molar-refractivity contribution in [2.24, 2.45) is 35.0 Å². The largest absolute Gasteiger partial charge is 0.396 e. The summed E-state index contributed by atoms with van der Waals surface area (Å²) in [4.78, 5) is 0. The molecule has 0 unspecified atom stereocenters. The summed E-state index contributed by atoms with van der Waals surface area (Å²) in [5.74, 6) is 2.46. The average Bonchev–Trinajstić information content (AvgIpc) is 2.82. The van der Waals surface area contributed by atoms with Crippen LogP contribution in [0.25, 0.3) is 0 Å². The zero-order valence-corrected chi connectivity index (χ0v) is 11.5. The number of aliphatic hydroxyl groups excluding tert-OH is 2. The van der Waals surface area contributed by atoms with Crippen molar-refractivity contribution in [2.45, 2.75) is 45.1 Å². The lowest BCUT2D eigenvalue weighted by Crippen LogP contribution is -2.44. The quantitative estimate of drug-likeness (QED) is 0.698. The fourth-order valence-electron chi connectivity index (χ4n) is 5.38. The van der Waals surface area contributed by atoms with Crippen LogP contribution in [0.2, 0.25) is 0 Å². The van der Waals surface area contributed by atoms with Gasteiger partial charge in [0.1, 0.15) is 0 Å². The van der Waals surface area contributed by atoms with Gasteiger partial charge in [-0.15, -0.1) is 0 Å². The van der Waals surface area contributed by atoms with Gasteiger partial charge in [0, 0.05) is 6.61 Å². The molecule has 0 aliphatic heterocycles. The first-order valence-electron chi connectivity index (χ1n) is 7.42. The highest BCUT2D eigenvalue weighted by Crippen LogP contribution is 2.71. The molecule has 3 aliphatic rings. The summed E-state index contributed by atoms with van der Waals surface area (Å²) in [6.07, 6.45) is 3.85. The predicted molar refractivity (Wildman–Crippen MR) is 68.8 cm³/mol. The van der Waals surface area contributed by atoms with Crippen LogP contribution in [0.15, 0.2) is 0 Å². The van der Waals surface area contributed by atoms with Gasteiger partial charge in [0.05, 0.1) is 12.2 Å². The minimum Gasteiger partial charge on any atom is -0.396 e. The summed E-state index contributed by atoms with van der Waals surface area (Å²) >= 11 is 0. The van der Waals surface area contributed by atoms with E-state index in [0.717, 1.165) is 19.3 Å². The van der Waals surface area contributed by atoms with E-state index >= 15 is 0 Å². The first kappa shape index (κ1) is 12.9. The number of fused-ring (bicyclic) bond motifs is 3.